The summed E-state index contributed by atoms with van der Waals surface area (Å²) in [6.45, 7) is 15.2. The van der Waals surface area contributed by atoms with Crippen molar-refractivity contribution in [1.29, 1.82) is 0 Å². The monoisotopic (exact) mass is 318 g/mol. The van der Waals surface area contributed by atoms with Gasteiger partial charge in [0.25, 0.3) is 0 Å². The summed E-state index contributed by atoms with van der Waals surface area (Å²) in [6.07, 6.45) is 4.15. The smallest absolute Gasteiger partial charge is 0.192 e. The van der Waals surface area contributed by atoms with Gasteiger partial charge in [0.15, 0.2) is 8.32 Å². The molecule has 122 valence electrons. The van der Waals surface area contributed by atoms with Crippen LogP contribution in [-0.2, 0) is 10.8 Å². The van der Waals surface area contributed by atoms with Gasteiger partial charge in [-0.1, -0.05) is 45.0 Å². The normalized spacial score (nSPS) is 19.8. The van der Waals surface area contributed by atoms with Crippen LogP contribution in [0, 0.1) is 0 Å². The number of hydrogen-bond acceptors (Lipinski definition) is 2. The predicted molar refractivity (Wildman–Crippen MR) is 95.6 cm³/mol. The third-order valence-corrected chi connectivity index (χ3v) is 9.73. The highest BCUT2D eigenvalue weighted by Gasteiger charge is 2.41. The fourth-order valence-electron chi connectivity index (χ4n) is 2.90. The molecule has 0 saturated heterocycles. The minimum atomic E-state index is -1.78. The van der Waals surface area contributed by atoms with E-state index in [0.717, 1.165) is 18.4 Å². The summed E-state index contributed by atoms with van der Waals surface area (Å²) in [6, 6.07) is 6.26. The highest BCUT2D eigenvalue weighted by molar-refractivity contribution is 6.74. The summed E-state index contributed by atoms with van der Waals surface area (Å²) < 4.78 is 6.62. The van der Waals surface area contributed by atoms with E-state index in [-0.39, 0.29) is 11.1 Å². The van der Waals surface area contributed by atoms with Crippen molar-refractivity contribution in [3.63, 3.8) is 0 Å². The zero-order valence-electron chi connectivity index (χ0n) is 14.6. The molecule has 0 aliphatic heterocycles. The first-order valence-electron chi connectivity index (χ1n) is 8.26. The summed E-state index contributed by atoms with van der Waals surface area (Å²) in [7, 11) is -1.78. The van der Waals surface area contributed by atoms with Crippen LogP contribution >= 0.6 is 0 Å². The Morgan fingerprint density at radius 3 is 2.68 bits per heavy atom. The van der Waals surface area contributed by atoms with E-state index in [9.17, 15) is 5.11 Å². The molecule has 0 amide bonds. The Balaban J connectivity index is 2.27. The molecule has 2 rings (SSSR count). The van der Waals surface area contributed by atoms with Crippen molar-refractivity contribution in [3.8, 4) is 0 Å². The van der Waals surface area contributed by atoms with E-state index in [1.54, 1.807) is 6.08 Å². The first kappa shape index (κ1) is 17.5. The summed E-state index contributed by atoms with van der Waals surface area (Å²) >= 11 is 0. The highest BCUT2D eigenvalue weighted by Crippen LogP contribution is 2.44. The molecule has 1 aromatic rings. The van der Waals surface area contributed by atoms with Crippen molar-refractivity contribution >= 4 is 8.32 Å². The Hall–Kier alpha value is -0.903. The molecule has 0 fully saturated rings. The second-order valence-corrected chi connectivity index (χ2v) is 12.6. The largest absolute Gasteiger partial charge is 0.410 e. The van der Waals surface area contributed by atoms with Gasteiger partial charge < -0.3 is 9.53 Å². The standard InChI is InChI=1S/C19H30O2Si/c1-7-9-17(20)15-10-8-11-16-14(15)12-13-18(16)21-22(5,6)19(2,3)4/h7-8,10-11,17-18,20H,1,9,12-13H2,2-6H3/t17?,18-/m0/s1. The van der Waals surface area contributed by atoms with Crippen molar-refractivity contribution in [2.45, 2.75) is 70.4 Å². The van der Waals surface area contributed by atoms with Crippen LogP contribution in [0.5, 0.6) is 0 Å². The molecule has 0 radical (unpaired) electrons. The molecule has 3 heteroatoms. The van der Waals surface area contributed by atoms with E-state index in [2.05, 4.69) is 46.5 Å². The molecule has 0 heterocycles. The number of benzene rings is 1. The maximum atomic E-state index is 10.3. The van der Waals surface area contributed by atoms with Gasteiger partial charge in [-0.25, -0.2) is 0 Å². The van der Waals surface area contributed by atoms with Gasteiger partial charge in [0.05, 0.1) is 12.2 Å². The summed E-state index contributed by atoms with van der Waals surface area (Å²) in [5.41, 5.74) is 3.63. The van der Waals surface area contributed by atoms with E-state index >= 15 is 0 Å². The minimum Gasteiger partial charge on any atom is -0.410 e. The lowest BCUT2D eigenvalue weighted by atomic mass is 9.97. The van der Waals surface area contributed by atoms with Crippen molar-refractivity contribution in [2.75, 3.05) is 0 Å². The van der Waals surface area contributed by atoms with Gasteiger partial charge >= 0.3 is 0 Å². The number of aliphatic hydroxyl groups excluding tert-OH is 1. The van der Waals surface area contributed by atoms with E-state index < -0.39 is 14.4 Å². The third-order valence-electron chi connectivity index (χ3n) is 5.24. The molecule has 2 atom stereocenters. The predicted octanol–water partition coefficient (Wildman–Crippen LogP) is 5.31. The zero-order valence-corrected chi connectivity index (χ0v) is 15.6. The molecule has 1 aliphatic carbocycles. The van der Waals surface area contributed by atoms with Gasteiger partial charge in [0.1, 0.15) is 0 Å². The van der Waals surface area contributed by atoms with Crippen molar-refractivity contribution in [2.24, 2.45) is 0 Å². The molecule has 1 aliphatic rings. The minimum absolute atomic E-state index is 0.187. The second-order valence-electron chi connectivity index (χ2n) is 7.86. The van der Waals surface area contributed by atoms with Gasteiger partial charge in [0, 0.05) is 0 Å². The van der Waals surface area contributed by atoms with Crippen LogP contribution in [0.4, 0.5) is 0 Å². The lowest BCUT2D eigenvalue weighted by Crippen LogP contribution is -2.41. The first-order valence-corrected chi connectivity index (χ1v) is 11.2. The van der Waals surface area contributed by atoms with Crippen LogP contribution in [0.3, 0.4) is 0 Å². The topological polar surface area (TPSA) is 29.5 Å². The Morgan fingerprint density at radius 2 is 2.09 bits per heavy atom. The number of fused-ring (bicyclic) bond motifs is 1. The van der Waals surface area contributed by atoms with Gasteiger partial charge in [-0.15, -0.1) is 6.58 Å². The molecule has 0 saturated carbocycles. The van der Waals surface area contributed by atoms with Crippen molar-refractivity contribution < 1.29 is 9.53 Å². The SMILES string of the molecule is C=CCC(O)c1cccc2c1CC[C@@H]2O[Si](C)(C)C(C)(C)C. The summed E-state index contributed by atoms with van der Waals surface area (Å²) in [5, 5.41) is 10.5. The zero-order chi connectivity index (χ0) is 16.5. The van der Waals surface area contributed by atoms with E-state index in [1.165, 1.54) is 11.1 Å². The molecular formula is C19H30O2Si. The fraction of sp³-hybridized carbons (Fsp3) is 0.579. The lowest BCUT2D eigenvalue weighted by Gasteiger charge is -2.38. The van der Waals surface area contributed by atoms with Gasteiger partial charge in [-0.05, 0) is 54.1 Å². The number of hydrogen-bond donors (Lipinski definition) is 1. The lowest BCUT2D eigenvalue weighted by molar-refractivity contribution is 0.180. The number of aliphatic hydroxyl groups is 1. The van der Waals surface area contributed by atoms with Gasteiger partial charge in [0.2, 0.25) is 0 Å². The van der Waals surface area contributed by atoms with Crippen LogP contribution in [0.15, 0.2) is 30.9 Å². The molecule has 1 N–H and O–H groups in total. The highest BCUT2D eigenvalue weighted by atomic mass is 28.4. The maximum Gasteiger partial charge on any atom is 0.192 e. The van der Waals surface area contributed by atoms with Crippen LogP contribution in [0.2, 0.25) is 18.1 Å². The van der Waals surface area contributed by atoms with Crippen LogP contribution in [0.25, 0.3) is 0 Å². The fourth-order valence-corrected chi connectivity index (χ4v) is 4.21. The average molecular weight is 319 g/mol. The molecule has 0 bridgehead atoms. The summed E-state index contributed by atoms with van der Waals surface area (Å²) in [4.78, 5) is 0. The van der Waals surface area contributed by atoms with Crippen LogP contribution in [0.1, 0.15) is 62.5 Å². The van der Waals surface area contributed by atoms with Crippen LogP contribution in [-0.4, -0.2) is 13.4 Å². The first-order chi connectivity index (χ1) is 10.2. The Bertz CT molecular complexity index is 543. The van der Waals surface area contributed by atoms with Crippen molar-refractivity contribution in [3.05, 3.63) is 47.5 Å². The van der Waals surface area contributed by atoms with E-state index in [0.29, 0.717) is 6.42 Å². The molecule has 0 aromatic heterocycles. The third kappa shape index (κ3) is 3.37. The summed E-state index contributed by atoms with van der Waals surface area (Å²) in [5.74, 6) is 0. The molecule has 22 heavy (non-hydrogen) atoms. The average Bonchev–Trinajstić information content (AvgIpc) is 2.80. The van der Waals surface area contributed by atoms with Crippen molar-refractivity contribution in [1.82, 2.24) is 0 Å². The Kier molecular flexibility index (Phi) is 5.00. The Labute approximate surface area is 136 Å². The van der Waals surface area contributed by atoms with Crippen LogP contribution < -0.4 is 0 Å². The molecule has 2 nitrogen and oxygen atoms in total. The van der Waals surface area contributed by atoms with E-state index in [4.69, 9.17) is 4.43 Å². The Morgan fingerprint density at radius 1 is 1.41 bits per heavy atom. The second kappa shape index (κ2) is 6.30. The van der Waals surface area contributed by atoms with Gasteiger partial charge in [-0.3, -0.25) is 0 Å². The quantitative estimate of drug-likeness (QED) is 0.589. The molecule has 1 aromatic carbocycles. The molecular weight excluding hydrogens is 288 g/mol. The molecule has 0 spiro atoms. The number of rotatable bonds is 5. The van der Waals surface area contributed by atoms with Gasteiger partial charge in [-0.2, -0.15) is 0 Å². The molecule has 1 unspecified atom stereocenters. The maximum absolute atomic E-state index is 10.3. The van der Waals surface area contributed by atoms with E-state index in [1.807, 2.05) is 12.1 Å².